The van der Waals surface area contributed by atoms with Gasteiger partial charge in [0, 0.05) is 0 Å². The molecule has 0 bridgehead atoms. The van der Waals surface area contributed by atoms with Gasteiger partial charge in [0.05, 0.1) is 24.9 Å². The molecule has 1 aliphatic heterocycles. The molecule has 1 aliphatic rings. The standard InChI is InChI=1S/C24H19ClN2O6/c1-31-20-12-16(11-19(25)21(20)33-14-15-6-3-2-4-7-15)10-18-22(28)26-24(30)27(23(18)29)13-17-8-5-9-32-17/h2-12H,13-14H2,1H3,(H,26,28,30)/b18-10+. The molecular formula is C24H19ClN2O6. The number of urea groups is 1. The summed E-state index contributed by atoms with van der Waals surface area (Å²) < 4.78 is 16.4. The summed E-state index contributed by atoms with van der Waals surface area (Å²) in [4.78, 5) is 38.3. The molecule has 0 aliphatic carbocycles. The number of imide groups is 2. The Morgan fingerprint density at radius 3 is 2.58 bits per heavy atom. The van der Waals surface area contributed by atoms with Crippen molar-refractivity contribution in [3.05, 3.63) is 88.3 Å². The summed E-state index contributed by atoms with van der Waals surface area (Å²) in [5, 5.41) is 2.40. The molecule has 168 valence electrons. The van der Waals surface area contributed by atoms with Crippen LogP contribution < -0.4 is 14.8 Å². The molecule has 9 heteroatoms. The lowest BCUT2D eigenvalue weighted by Crippen LogP contribution is -2.53. The third-order valence-electron chi connectivity index (χ3n) is 4.87. The van der Waals surface area contributed by atoms with Crippen LogP contribution >= 0.6 is 11.6 Å². The van der Waals surface area contributed by atoms with Crippen LogP contribution in [0.25, 0.3) is 6.08 Å². The molecule has 0 unspecified atom stereocenters. The summed E-state index contributed by atoms with van der Waals surface area (Å²) >= 11 is 6.42. The number of carbonyl (C=O) groups excluding carboxylic acids is 3. The molecule has 4 amide bonds. The number of halogens is 1. The van der Waals surface area contributed by atoms with Gasteiger partial charge in [-0.05, 0) is 41.5 Å². The minimum atomic E-state index is -0.821. The maximum atomic E-state index is 12.9. The van der Waals surface area contributed by atoms with Crippen molar-refractivity contribution < 1.29 is 28.3 Å². The molecule has 1 fully saturated rings. The van der Waals surface area contributed by atoms with E-state index in [1.165, 1.54) is 19.4 Å². The van der Waals surface area contributed by atoms with E-state index in [0.29, 0.717) is 22.8 Å². The van der Waals surface area contributed by atoms with Gasteiger partial charge in [-0.2, -0.15) is 0 Å². The molecule has 2 aromatic carbocycles. The highest BCUT2D eigenvalue weighted by Crippen LogP contribution is 2.37. The number of hydrogen-bond acceptors (Lipinski definition) is 6. The van der Waals surface area contributed by atoms with Crippen molar-refractivity contribution >= 4 is 35.5 Å². The van der Waals surface area contributed by atoms with Crippen LogP contribution in [-0.2, 0) is 22.7 Å². The van der Waals surface area contributed by atoms with Gasteiger partial charge in [0.2, 0.25) is 0 Å². The zero-order valence-corrected chi connectivity index (χ0v) is 18.3. The van der Waals surface area contributed by atoms with Crippen LogP contribution in [-0.4, -0.2) is 29.9 Å². The Bertz CT molecular complexity index is 1220. The van der Waals surface area contributed by atoms with Gasteiger partial charge >= 0.3 is 6.03 Å². The highest BCUT2D eigenvalue weighted by atomic mass is 35.5. The van der Waals surface area contributed by atoms with E-state index in [-0.39, 0.29) is 23.7 Å². The van der Waals surface area contributed by atoms with Crippen molar-refractivity contribution in [1.82, 2.24) is 10.2 Å². The van der Waals surface area contributed by atoms with Crippen LogP contribution in [0.3, 0.4) is 0 Å². The van der Waals surface area contributed by atoms with E-state index in [1.54, 1.807) is 24.3 Å². The number of furan rings is 1. The fraction of sp³-hybridized carbons (Fsp3) is 0.125. The van der Waals surface area contributed by atoms with Crippen molar-refractivity contribution in [2.24, 2.45) is 0 Å². The molecule has 0 atom stereocenters. The molecule has 0 saturated carbocycles. The van der Waals surface area contributed by atoms with Crippen LogP contribution in [0.15, 0.2) is 70.9 Å². The zero-order chi connectivity index (χ0) is 23.4. The van der Waals surface area contributed by atoms with Crippen LogP contribution in [0.2, 0.25) is 5.02 Å². The van der Waals surface area contributed by atoms with E-state index in [9.17, 15) is 14.4 Å². The Morgan fingerprint density at radius 2 is 1.88 bits per heavy atom. The third kappa shape index (κ3) is 4.91. The highest BCUT2D eigenvalue weighted by Gasteiger charge is 2.36. The topological polar surface area (TPSA) is 98.1 Å². The number of barbiturate groups is 1. The van der Waals surface area contributed by atoms with E-state index in [2.05, 4.69) is 5.32 Å². The average Bonchev–Trinajstić information content (AvgIpc) is 3.32. The lowest BCUT2D eigenvalue weighted by atomic mass is 10.1. The van der Waals surface area contributed by atoms with Crippen LogP contribution in [0.5, 0.6) is 11.5 Å². The van der Waals surface area contributed by atoms with E-state index < -0.39 is 17.8 Å². The number of amides is 4. The lowest BCUT2D eigenvalue weighted by molar-refractivity contribution is -0.130. The van der Waals surface area contributed by atoms with E-state index in [4.69, 9.17) is 25.5 Å². The highest BCUT2D eigenvalue weighted by molar-refractivity contribution is 6.33. The SMILES string of the molecule is COc1cc(/C=C2\C(=O)NC(=O)N(Cc3ccco3)C2=O)cc(Cl)c1OCc1ccccc1. The first-order valence-electron chi connectivity index (χ1n) is 9.91. The predicted molar refractivity (Wildman–Crippen MR) is 120 cm³/mol. The van der Waals surface area contributed by atoms with Crippen molar-refractivity contribution in [2.45, 2.75) is 13.2 Å². The van der Waals surface area contributed by atoms with E-state index >= 15 is 0 Å². The third-order valence-corrected chi connectivity index (χ3v) is 5.15. The van der Waals surface area contributed by atoms with Crippen LogP contribution in [0, 0.1) is 0 Å². The summed E-state index contributed by atoms with van der Waals surface area (Å²) in [5.41, 5.74) is 1.15. The molecule has 2 heterocycles. The number of hydrogen-bond donors (Lipinski definition) is 1. The second kappa shape index (κ2) is 9.62. The van der Waals surface area contributed by atoms with Gasteiger partial charge in [0.25, 0.3) is 11.8 Å². The number of benzene rings is 2. The Morgan fingerprint density at radius 1 is 1.09 bits per heavy atom. The van der Waals surface area contributed by atoms with Crippen LogP contribution in [0.4, 0.5) is 4.79 Å². The summed E-state index contributed by atoms with van der Waals surface area (Å²) in [6.45, 7) is 0.167. The summed E-state index contributed by atoms with van der Waals surface area (Å²) in [6, 6.07) is 15.1. The molecule has 3 aromatic rings. The number of nitrogens with one attached hydrogen (secondary N) is 1. The Labute approximate surface area is 194 Å². The first kappa shape index (κ1) is 22.2. The molecule has 1 aromatic heterocycles. The lowest BCUT2D eigenvalue weighted by Gasteiger charge is -2.25. The smallest absolute Gasteiger partial charge is 0.331 e. The molecular weight excluding hydrogens is 448 g/mol. The Hall–Kier alpha value is -4.04. The first-order valence-corrected chi connectivity index (χ1v) is 10.3. The molecule has 8 nitrogen and oxygen atoms in total. The number of ether oxygens (including phenoxy) is 2. The van der Waals surface area contributed by atoms with Crippen molar-refractivity contribution in [3.63, 3.8) is 0 Å². The number of methoxy groups -OCH3 is 1. The van der Waals surface area contributed by atoms with Gasteiger partial charge in [0.1, 0.15) is 17.9 Å². The van der Waals surface area contributed by atoms with Crippen molar-refractivity contribution in [1.29, 1.82) is 0 Å². The average molecular weight is 467 g/mol. The van der Waals surface area contributed by atoms with Gasteiger partial charge in [-0.25, -0.2) is 4.79 Å². The number of carbonyl (C=O) groups is 3. The van der Waals surface area contributed by atoms with Gasteiger partial charge in [0.15, 0.2) is 11.5 Å². The largest absolute Gasteiger partial charge is 0.493 e. The molecule has 1 saturated heterocycles. The fourth-order valence-corrected chi connectivity index (χ4v) is 3.53. The Balaban J connectivity index is 1.60. The van der Waals surface area contributed by atoms with Gasteiger partial charge in [-0.15, -0.1) is 0 Å². The summed E-state index contributed by atoms with van der Waals surface area (Å²) in [6.07, 6.45) is 2.77. The minimum Gasteiger partial charge on any atom is -0.493 e. The fourth-order valence-electron chi connectivity index (χ4n) is 3.26. The summed E-state index contributed by atoms with van der Waals surface area (Å²) in [5.74, 6) is -0.492. The van der Waals surface area contributed by atoms with Crippen molar-refractivity contribution in [2.75, 3.05) is 7.11 Å². The maximum Gasteiger partial charge on any atom is 0.331 e. The van der Waals surface area contributed by atoms with Gasteiger partial charge in [-0.1, -0.05) is 41.9 Å². The summed E-state index contributed by atoms with van der Waals surface area (Å²) in [7, 11) is 1.46. The minimum absolute atomic E-state index is 0.112. The maximum absolute atomic E-state index is 12.9. The van der Waals surface area contributed by atoms with E-state index in [0.717, 1.165) is 10.5 Å². The zero-order valence-electron chi connectivity index (χ0n) is 17.5. The quantitative estimate of drug-likeness (QED) is 0.414. The predicted octanol–water partition coefficient (Wildman–Crippen LogP) is 4.18. The first-order chi connectivity index (χ1) is 16.0. The van der Waals surface area contributed by atoms with Gasteiger partial charge < -0.3 is 13.9 Å². The van der Waals surface area contributed by atoms with E-state index in [1.807, 2.05) is 30.3 Å². The molecule has 0 radical (unpaired) electrons. The van der Waals surface area contributed by atoms with Gasteiger partial charge in [-0.3, -0.25) is 19.8 Å². The molecule has 1 N–H and O–H groups in total. The Kier molecular flexibility index (Phi) is 6.46. The molecule has 4 rings (SSSR count). The second-order valence-corrected chi connectivity index (χ2v) is 7.50. The number of rotatable bonds is 7. The normalized spacial score (nSPS) is 15.0. The van der Waals surface area contributed by atoms with Crippen LogP contribution in [0.1, 0.15) is 16.9 Å². The monoisotopic (exact) mass is 466 g/mol. The van der Waals surface area contributed by atoms with Crippen molar-refractivity contribution in [3.8, 4) is 11.5 Å². The number of nitrogens with zero attached hydrogens (tertiary/aromatic N) is 1. The molecule has 33 heavy (non-hydrogen) atoms. The molecule has 0 spiro atoms. The second-order valence-electron chi connectivity index (χ2n) is 7.10.